The molecule has 0 heterocycles. The van der Waals surface area contributed by atoms with Gasteiger partial charge in [0.1, 0.15) is 6.10 Å². The van der Waals surface area contributed by atoms with Crippen molar-refractivity contribution in [3.63, 3.8) is 0 Å². The molecule has 0 aromatic heterocycles. The van der Waals surface area contributed by atoms with Gasteiger partial charge in [0.05, 0.1) is 0 Å². The second-order valence-corrected chi connectivity index (χ2v) is 2.51. The molecule has 9 heavy (non-hydrogen) atoms. The zero-order chi connectivity index (χ0) is 6.53. The topological polar surface area (TPSA) is 26.3 Å². The molecule has 2 unspecified atom stereocenters. The minimum atomic E-state index is -0.595. The van der Waals surface area contributed by atoms with Crippen molar-refractivity contribution in [3.05, 3.63) is 12.2 Å². The van der Waals surface area contributed by atoms with Crippen LogP contribution in [0.1, 0.15) is 19.3 Å². The first-order valence-corrected chi connectivity index (χ1v) is 3.93. The summed E-state index contributed by atoms with van der Waals surface area (Å²) in [6, 6.07) is 0. The van der Waals surface area contributed by atoms with Crippen molar-refractivity contribution in [3.8, 4) is 0 Å². The molecular weight excluding hydrogens is 135 g/mol. The lowest BCUT2D eigenvalue weighted by molar-refractivity contribution is 0.212. The molecule has 2 nitrogen and oxygen atoms in total. The van der Waals surface area contributed by atoms with E-state index in [1.54, 1.807) is 0 Å². The number of rotatable bonds is 2. The van der Waals surface area contributed by atoms with Crippen LogP contribution in [-0.4, -0.2) is 6.10 Å². The summed E-state index contributed by atoms with van der Waals surface area (Å²) in [6.45, 7) is 0. The molecule has 0 saturated carbocycles. The van der Waals surface area contributed by atoms with Gasteiger partial charge in [0.25, 0.3) is 0 Å². The lowest BCUT2D eigenvalue weighted by Gasteiger charge is -2.08. The van der Waals surface area contributed by atoms with Gasteiger partial charge < -0.3 is 0 Å². The Bertz CT molecular complexity index is 122. The molecule has 50 valence electrons. The minimum absolute atomic E-state index is 0.214. The van der Waals surface area contributed by atoms with E-state index in [1.165, 1.54) is 0 Å². The van der Waals surface area contributed by atoms with Gasteiger partial charge in [0.2, 0.25) is 0 Å². The summed E-state index contributed by atoms with van der Waals surface area (Å²) in [5.41, 5.74) is 0. The van der Waals surface area contributed by atoms with Crippen LogP contribution in [0, 0.1) is 0 Å². The third-order valence-electron chi connectivity index (χ3n) is 1.44. The number of hydrogen-bond acceptors (Lipinski definition) is 2. The molecule has 1 aliphatic rings. The van der Waals surface area contributed by atoms with Gasteiger partial charge in [-0.2, -0.15) is 0 Å². The zero-order valence-electron chi connectivity index (χ0n) is 5.17. The van der Waals surface area contributed by atoms with Crippen LogP contribution in [0.25, 0.3) is 0 Å². The highest BCUT2D eigenvalue weighted by atomic mass is 31.1. The molecule has 0 aromatic rings. The number of hydrogen-bond donors (Lipinski definition) is 0. The van der Waals surface area contributed by atoms with E-state index in [0.29, 0.717) is 0 Å². The third kappa shape index (κ3) is 2.25. The van der Waals surface area contributed by atoms with Gasteiger partial charge in [-0.05, 0) is 23.8 Å². The highest BCUT2D eigenvalue weighted by Crippen LogP contribution is 2.17. The van der Waals surface area contributed by atoms with Crippen LogP contribution >= 0.6 is 8.69 Å². The van der Waals surface area contributed by atoms with Crippen LogP contribution in [0.3, 0.4) is 0 Å². The first-order chi connectivity index (χ1) is 4.43. The highest BCUT2D eigenvalue weighted by Gasteiger charge is 2.13. The van der Waals surface area contributed by atoms with Crippen molar-refractivity contribution >= 4 is 8.69 Å². The molecule has 3 heteroatoms. The van der Waals surface area contributed by atoms with Crippen LogP contribution in [0.15, 0.2) is 12.2 Å². The van der Waals surface area contributed by atoms with Gasteiger partial charge in [0.15, 0.2) is 0 Å². The molecule has 1 rings (SSSR count). The fraction of sp³-hybridized carbons (Fsp3) is 0.667. The first-order valence-electron chi connectivity index (χ1n) is 3.11. The zero-order valence-corrected chi connectivity index (χ0v) is 6.17. The number of allylic oxidation sites excluding steroid dienone is 1. The van der Waals surface area contributed by atoms with Crippen molar-refractivity contribution in [1.82, 2.24) is 0 Å². The molecule has 0 amide bonds. The van der Waals surface area contributed by atoms with Crippen molar-refractivity contribution in [2.45, 2.75) is 25.4 Å². The molecule has 0 aliphatic heterocycles. The van der Waals surface area contributed by atoms with E-state index in [9.17, 15) is 4.57 Å². The lowest BCUT2D eigenvalue weighted by Crippen LogP contribution is -2.08. The van der Waals surface area contributed by atoms with E-state index in [0.717, 1.165) is 19.3 Å². The second kappa shape index (κ2) is 3.76. The monoisotopic (exact) mass is 145 g/mol. The molecule has 1 aliphatic carbocycles. The molecule has 0 fully saturated rings. The Balaban J connectivity index is 2.26. The average Bonchev–Trinajstić information content (AvgIpc) is 1.91. The van der Waals surface area contributed by atoms with E-state index in [2.05, 4.69) is 12.2 Å². The van der Waals surface area contributed by atoms with E-state index in [4.69, 9.17) is 4.52 Å². The summed E-state index contributed by atoms with van der Waals surface area (Å²) in [7, 11) is -0.595. The molecule has 0 aromatic carbocycles. The summed E-state index contributed by atoms with van der Waals surface area (Å²) in [4.78, 5) is 0. The summed E-state index contributed by atoms with van der Waals surface area (Å²) in [5, 5.41) is 0. The van der Waals surface area contributed by atoms with Crippen LogP contribution in [0.5, 0.6) is 0 Å². The second-order valence-electron chi connectivity index (χ2n) is 2.11. The van der Waals surface area contributed by atoms with Gasteiger partial charge in [0, 0.05) is 0 Å². The van der Waals surface area contributed by atoms with Gasteiger partial charge in [-0.25, -0.2) is 0 Å². The van der Waals surface area contributed by atoms with Crippen molar-refractivity contribution in [2.75, 3.05) is 0 Å². The minimum Gasteiger partial charge on any atom is -0.144 e. The molecular formula is C6H10O2P+. The Morgan fingerprint density at radius 3 is 3.00 bits per heavy atom. The van der Waals surface area contributed by atoms with Crippen molar-refractivity contribution in [1.29, 1.82) is 0 Å². The maximum absolute atomic E-state index is 9.98. The van der Waals surface area contributed by atoms with E-state index < -0.39 is 8.69 Å². The predicted molar refractivity (Wildman–Crippen MR) is 36.9 cm³/mol. The maximum Gasteiger partial charge on any atom is 0.494 e. The maximum atomic E-state index is 9.98. The molecule has 0 spiro atoms. The predicted octanol–water partition coefficient (Wildman–Crippen LogP) is 2.05. The molecule has 0 bridgehead atoms. The summed E-state index contributed by atoms with van der Waals surface area (Å²) < 4.78 is 14.9. The molecule has 0 N–H and O–H groups in total. The van der Waals surface area contributed by atoms with Crippen molar-refractivity contribution < 1.29 is 9.09 Å². The van der Waals surface area contributed by atoms with Crippen LogP contribution in [0.4, 0.5) is 0 Å². The fourth-order valence-electron chi connectivity index (χ4n) is 0.941. The Hall–Kier alpha value is -0.200. The Morgan fingerprint density at radius 2 is 2.44 bits per heavy atom. The highest BCUT2D eigenvalue weighted by molar-refractivity contribution is 7.17. The van der Waals surface area contributed by atoms with Gasteiger partial charge >= 0.3 is 8.69 Å². The first kappa shape index (κ1) is 6.91. The smallest absolute Gasteiger partial charge is 0.144 e. The lowest BCUT2D eigenvalue weighted by atomic mass is 10.1. The quantitative estimate of drug-likeness (QED) is 0.439. The summed E-state index contributed by atoms with van der Waals surface area (Å²) in [5.74, 6) is 0. The Kier molecular flexibility index (Phi) is 2.88. The SMILES string of the molecule is O=[PH+]OC1CC=CCC1. The molecule has 2 atom stereocenters. The standard InChI is InChI=1S/C6H10O2P/c7-9-8-6-4-2-1-3-5-6/h1-2,6,9H,3-5H2/q+1. The van der Waals surface area contributed by atoms with Gasteiger partial charge in [-0.3, -0.25) is 0 Å². The van der Waals surface area contributed by atoms with E-state index in [1.807, 2.05) is 0 Å². The largest absolute Gasteiger partial charge is 0.494 e. The van der Waals surface area contributed by atoms with Crippen LogP contribution in [0.2, 0.25) is 0 Å². The summed E-state index contributed by atoms with van der Waals surface area (Å²) >= 11 is 0. The van der Waals surface area contributed by atoms with Crippen LogP contribution in [-0.2, 0) is 9.09 Å². The Morgan fingerprint density at radius 1 is 1.56 bits per heavy atom. The molecule has 0 saturated heterocycles. The third-order valence-corrected chi connectivity index (χ3v) is 1.87. The van der Waals surface area contributed by atoms with E-state index in [-0.39, 0.29) is 6.10 Å². The fourth-order valence-corrected chi connectivity index (χ4v) is 1.29. The van der Waals surface area contributed by atoms with Crippen molar-refractivity contribution in [2.24, 2.45) is 0 Å². The summed E-state index contributed by atoms with van der Waals surface area (Å²) in [6.07, 6.45) is 7.43. The van der Waals surface area contributed by atoms with Gasteiger partial charge in [-0.1, -0.05) is 12.2 Å². The average molecular weight is 145 g/mol. The van der Waals surface area contributed by atoms with E-state index >= 15 is 0 Å². The normalized spacial score (nSPS) is 26.9. The molecule has 0 radical (unpaired) electrons. The van der Waals surface area contributed by atoms with Gasteiger partial charge in [-0.15, -0.1) is 4.52 Å². The van der Waals surface area contributed by atoms with Crippen LogP contribution < -0.4 is 0 Å². The Labute approximate surface area is 56.2 Å².